The minimum absolute atomic E-state index is 0.0290. The van der Waals surface area contributed by atoms with Crippen LogP contribution in [0.3, 0.4) is 0 Å². The van der Waals surface area contributed by atoms with Gasteiger partial charge in [-0.05, 0) is 36.1 Å². The van der Waals surface area contributed by atoms with Gasteiger partial charge < -0.3 is 11.1 Å². The Morgan fingerprint density at radius 3 is 2.18 bits per heavy atom. The lowest BCUT2D eigenvalue weighted by molar-refractivity contribution is -0.119. The molecule has 2 aromatic carbocycles. The lowest BCUT2D eigenvalue weighted by Crippen LogP contribution is -2.27. The summed E-state index contributed by atoms with van der Waals surface area (Å²) in [5, 5.41) is 2.97. The first-order valence-electron chi connectivity index (χ1n) is 7.34. The van der Waals surface area contributed by atoms with Crippen molar-refractivity contribution in [3.05, 3.63) is 65.7 Å². The van der Waals surface area contributed by atoms with Gasteiger partial charge in [0.15, 0.2) is 0 Å². The van der Waals surface area contributed by atoms with Gasteiger partial charge in [-0.1, -0.05) is 42.5 Å². The van der Waals surface area contributed by atoms with E-state index in [9.17, 15) is 9.59 Å². The maximum atomic E-state index is 12.6. The molecule has 0 aliphatic heterocycles. The fraction of sp³-hybridized carbons (Fsp3) is 0.222. The quantitative estimate of drug-likeness (QED) is 0.888. The molecule has 0 aromatic heterocycles. The topological polar surface area (TPSA) is 72.2 Å². The molecule has 4 heteroatoms. The average Bonchev–Trinajstić information content (AvgIpc) is 3.31. The number of benzene rings is 2. The van der Waals surface area contributed by atoms with Crippen LogP contribution < -0.4 is 11.1 Å². The number of nitrogens with one attached hydrogen (secondary N) is 1. The summed E-state index contributed by atoms with van der Waals surface area (Å²) >= 11 is 0. The minimum atomic E-state index is -0.382. The van der Waals surface area contributed by atoms with Crippen LogP contribution in [0.5, 0.6) is 0 Å². The second kappa shape index (κ2) is 5.64. The number of rotatable bonds is 5. The van der Waals surface area contributed by atoms with E-state index in [2.05, 4.69) is 5.32 Å². The van der Waals surface area contributed by atoms with E-state index in [0.717, 1.165) is 29.7 Å². The van der Waals surface area contributed by atoms with E-state index in [1.54, 1.807) is 12.1 Å². The summed E-state index contributed by atoms with van der Waals surface area (Å²) < 4.78 is 0. The van der Waals surface area contributed by atoms with Crippen molar-refractivity contribution < 1.29 is 9.59 Å². The van der Waals surface area contributed by atoms with E-state index < -0.39 is 0 Å². The number of hydrogen-bond acceptors (Lipinski definition) is 2. The SMILES string of the molecule is NC(=O)Cc1ccc(NC(=O)C2(c3ccccc3)CC2)cc1. The largest absolute Gasteiger partial charge is 0.369 e. The first-order chi connectivity index (χ1) is 10.6. The Kier molecular flexibility index (Phi) is 3.67. The molecule has 1 aliphatic rings. The summed E-state index contributed by atoms with van der Waals surface area (Å²) in [6.45, 7) is 0. The van der Waals surface area contributed by atoms with Gasteiger partial charge in [-0.25, -0.2) is 0 Å². The van der Waals surface area contributed by atoms with Crippen LogP contribution in [0, 0.1) is 0 Å². The number of carbonyl (C=O) groups excluding carboxylic acids is 2. The van der Waals surface area contributed by atoms with Crippen molar-refractivity contribution in [2.24, 2.45) is 5.73 Å². The lowest BCUT2D eigenvalue weighted by atomic mass is 9.95. The maximum absolute atomic E-state index is 12.6. The minimum Gasteiger partial charge on any atom is -0.369 e. The number of nitrogens with two attached hydrogens (primary N) is 1. The van der Waals surface area contributed by atoms with Crippen LogP contribution in [0.15, 0.2) is 54.6 Å². The van der Waals surface area contributed by atoms with Crippen LogP contribution in [0.2, 0.25) is 0 Å². The highest BCUT2D eigenvalue weighted by Crippen LogP contribution is 2.48. The van der Waals surface area contributed by atoms with Crippen molar-refractivity contribution in [3.63, 3.8) is 0 Å². The van der Waals surface area contributed by atoms with Gasteiger partial charge in [-0.3, -0.25) is 9.59 Å². The monoisotopic (exact) mass is 294 g/mol. The molecular formula is C18H18N2O2. The molecule has 3 rings (SSSR count). The molecule has 4 nitrogen and oxygen atoms in total. The second-order valence-corrected chi connectivity index (χ2v) is 5.74. The Morgan fingerprint density at radius 2 is 1.64 bits per heavy atom. The molecule has 0 bridgehead atoms. The molecule has 0 atom stereocenters. The van der Waals surface area contributed by atoms with E-state index >= 15 is 0 Å². The average molecular weight is 294 g/mol. The van der Waals surface area contributed by atoms with Crippen molar-refractivity contribution in [1.29, 1.82) is 0 Å². The van der Waals surface area contributed by atoms with Crippen LogP contribution in [0.1, 0.15) is 24.0 Å². The zero-order chi connectivity index (χ0) is 15.6. The standard InChI is InChI=1S/C18H18N2O2/c19-16(21)12-13-6-8-15(9-7-13)20-17(22)18(10-11-18)14-4-2-1-3-5-14/h1-9H,10-12H2,(H2,19,21)(H,20,22). The second-order valence-electron chi connectivity index (χ2n) is 5.74. The van der Waals surface area contributed by atoms with Crippen LogP contribution in [0.4, 0.5) is 5.69 Å². The van der Waals surface area contributed by atoms with Gasteiger partial charge in [0, 0.05) is 5.69 Å². The van der Waals surface area contributed by atoms with Crippen molar-refractivity contribution in [1.82, 2.24) is 0 Å². The molecule has 22 heavy (non-hydrogen) atoms. The number of primary amides is 1. The van der Waals surface area contributed by atoms with Gasteiger partial charge >= 0.3 is 0 Å². The molecule has 1 fully saturated rings. The number of amides is 2. The van der Waals surface area contributed by atoms with Gasteiger partial charge in [0.1, 0.15) is 0 Å². The van der Waals surface area contributed by atoms with E-state index in [1.807, 2.05) is 42.5 Å². The number of hydrogen-bond donors (Lipinski definition) is 2. The first kappa shape index (κ1) is 14.3. The van der Waals surface area contributed by atoms with E-state index in [0.29, 0.717) is 0 Å². The molecule has 3 N–H and O–H groups in total. The molecule has 1 saturated carbocycles. The highest BCUT2D eigenvalue weighted by Gasteiger charge is 2.51. The molecule has 0 spiro atoms. The summed E-state index contributed by atoms with van der Waals surface area (Å²) in [5.74, 6) is -0.334. The molecule has 1 aliphatic carbocycles. The summed E-state index contributed by atoms with van der Waals surface area (Å²) in [6.07, 6.45) is 1.97. The van der Waals surface area contributed by atoms with Crippen LogP contribution in [0.25, 0.3) is 0 Å². The van der Waals surface area contributed by atoms with Gasteiger partial charge in [-0.15, -0.1) is 0 Å². The van der Waals surface area contributed by atoms with Crippen LogP contribution in [-0.4, -0.2) is 11.8 Å². The Hall–Kier alpha value is -2.62. The van der Waals surface area contributed by atoms with Gasteiger partial charge in [0.2, 0.25) is 11.8 Å². The van der Waals surface area contributed by atoms with Gasteiger partial charge in [0.05, 0.1) is 11.8 Å². The summed E-state index contributed by atoms with van der Waals surface area (Å²) in [6, 6.07) is 17.1. The first-order valence-corrected chi connectivity index (χ1v) is 7.34. The van der Waals surface area contributed by atoms with E-state index in [4.69, 9.17) is 5.73 Å². The van der Waals surface area contributed by atoms with Crippen LogP contribution in [-0.2, 0) is 21.4 Å². The van der Waals surface area contributed by atoms with Crippen molar-refractivity contribution in [2.45, 2.75) is 24.7 Å². The normalized spacial score (nSPS) is 15.1. The Balaban J connectivity index is 1.71. The fourth-order valence-corrected chi connectivity index (χ4v) is 2.69. The zero-order valence-electron chi connectivity index (χ0n) is 12.2. The Bertz CT molecular complexity index is 689. The molecule has 0 unspecified atom stereocenters. The third-order valence-corrected chi connectivity index (χ3v) is 4.10. The molecule has 0 saturated heterocycles. The molecule has 0 heterocycles. The Labute approximate surface area is 129 Å². The Morgan fingerprint density at radius 1 is 1.00 bits per heavy atom. The fourth-order valence-electron chi connectivity index (χ4n) is 2.69. The predicted molar refractivity (Wildman–Crippen MR) is 85.3 cm³/mol. The molecular weight excluding hydrogens is 276 g/mol. The maximum Gasteiger partial charge on any atom is 0.235 e. The lowest BCUT2D eigenvalue weighted by Gasteiger charge is -2.16. The van der Waals surface area contributed by atoms with E-state index in [-0.39, 0.29) is 23.7 Å². The van der Waals surface area contributed by atoms with Crippen molar-refractivity contribution >= 4 is 17.5 Å². The summed E-state index contributed by atoms with van der Waals surface area (Å²) in [5.41, 5.74) is 7.43. The number of carbonyl (C=O) groups is 2. The zero-order valence-corrected chi connectivity index (χ0v) is 12.2. The predicted octanol–water partition coefficient (Wildman–Crippen LogP) is 2.38. The van der Waals surface area contributed by atoms with E-state index in [1.165, 1.54) is 0 Å². The van der Waals surface area contributed by atoms with Gasteiger partial charge in [-0.2, -0.15) is 0 Å². The third kappa shape index (κ3) is 2.86. The van der Waals surface area contributed by atoms with Gasteiger partial charge in [0.25, 0.3) is 0 Å². The third-order valence-electron chi connectivity index (χ3n) is 4.10. The molecule has 2 aromatic rings. The number of anilines is 1. The highest BCUT2D eigenvalue weighted by molar-refractivity contribution is 6.01. The molecule has 112 valence electrons. The van der Waals surface area contributed by atoms with Crippen molar-refractivity contribution in [2.75, 3.05) is 5.32 Å². The molecule has 0 radical (unpaired) electrons. The molecule has 2 amide bonds. The smallest absolute Gasteiger partial charge is 0.235 e. The van der Waals surface area contributed by atoms with Crippen molar-refractivity contribution in [3.8, 4) is 0 Å². The summed E-state index contributed by atoms with van der Waals surface area (Å²) in [4.78, 5) is 23.5. The summed E-state index contributed by atoms with van der Waals surface area (Å²) in [7, 11) is 0. The highest BCUT2D eigenvalue weighted by atomic mass is 16.2. The van der Waals surface area contributed by atoms with Crippen LogP contribution >= 0.6 is 0 Å².